The molecular formula is C10H17F. The van der Waals surface area contributed by atoms with E-state index in [0.29, 0.717) is 0 Å². The van der Waals surface area contributed by atoms with Gasteiger partial charge in [0, 0.05) is 0 Å². The Labute approximate surface area is 69.1 Å². The molecule has 0 aromatic carbocycles. The number of hydrogen-bond donors (Lipinski definition) is 0. The minimum Gasteiger partial charge on any atom is -0.208 e. The van der Waals surface area contributed by atoms with Gasteiger partial charge in [0.05, 0.1) is 0 Å². The summed E-state index contributed by atoms with van der Waals surface area (Å²) in [5.41, 5.74) is 0.877. The average Bonchev–Trinajstić information content (AvgIpc) is 2.03. The summed E-state index contributed by atoms with van der Waals surface area (Å²) in [6.07, 6.45) is 3.81. The quantitative estimate of drug-likeness (QED) is 0.541. The van der Waals surface area contributed by atoms with Crippen LogP contribution >= 0.6 is 0 Å². The highest BCUT2D eigenvalue weighted by molar-refractivity contribution is 5.23. The Morgan fingerprint density at radius 1 is 1.45 bits per heavy atom. The van der Waals surface area contributed by atoms with E-state index in [-0.39, 0.29) is 0 Å². The first-order valence-electron chi connectivity index (χ1n) is 3.88. The Hall–Kier alpha value is -0.850. The fourth-order valence-corrected chi connectivity index (χ4v) is 0.506. The monoisotopic (exact) mass is 156 g/mol. The van der Waals surface area contributed by atoms with Crippen molar-refractivity contribution < 1.29 is 4.39 Å². The lowest BCUT2D eigenvalue weighted by Gasteiger charge is -1.91. The Kier molecular flexibility index (Phi) is 10.6. The molecule has 11 heavy (non-hydrogen) atoms. The summed E-state index contributed by atoms with van der Waals surface area (Å²) >= 11 is 0. The standard InChI is InChI=1S/C8H11F.C2H6/c1-4-8(5-2)6-7(3)9;1-2/h4,6H,1,3,5H2,2H3;1-2H3/b8-6+;. The van der Waals surface area contributed by atoms with Crippen LogP contribution in [0.5, 0.6) is 0 Å². The molecule has 0 bridgehead atoms. The van der Waals surface area contributed by atoms with Crippen molar-refractivity contribution in [1.82, 2.24) is 0 Å². The second-order valence-electron chi connectivity index (χ2n) is 1.72. The van der Waals surface area contributed by atoms with Gasteiger partial charge in [-0.1, -0.05) is 40.0 Å². The van der Waals surface area contributed by atoms with E-state index in [2.05, 4.69) is 13.2 Å². The van der Waals surface area contributed by atoms with Crippen LogP contribution in [0.4, 0.5) is 4.39 Å². The van der Waals surface area contributed by atoms with Gasteiger partial charge in [0.2, 0.25) is 0 Å². The Bertz CT molecular complexity index is 143. The van der Waals surface area contributed by atoms with Crippen LogP contribution in [-0.4, -0.2) is 0 Å². The maximum absolute atomic E-state index is 12.0. The zero-order chi connectivity index (χ0) is 9.28. The van der Waals surface area contributed by atoms with Crippen molar-refractivity contribution in [3.8, 4) is 0 Å². The molecule has 0 aromatic heterocycles. The SMILES string of the molecule is C=C/C(=C\C(=C)F)CC.CC. The molecule has 0 radical (unpaired) electrons. The lowest BCUT2D eigenvalue weighted by atomic mass is 10.2. The second kappa shape index (κ2) is 9.15. The first-order chi connectivity index (χ1) is 5.20. The van der Waals surface area contributed by atoms with Crippen LogP contribution in [0.2, 0.25) is 0 Å². The summed E-state index contributed by atoms with van der Waals surface area (Å²) in [5.74, 6) is -0.410. The van der Waals surface area contributed by atoms with Crippen molar-refractivity contribution in [3.05, 3.63) is 36.7 Å². The van der Waals surface area contributed by atoms with Crippen molar-refractivity contribution in [2.75, 3.05) is 0 Å². The van der Waals surface area contributed by atoms with Gasteiger partial charge in [0.1, 0.15) is 5.83 Å². The summed E-state index contributed by atoms with van der Waals surface area (Å²) in [4.78, 5) is 0. The van der Waals surface area contributed by atoms with E-state index in [1.165, 1.54) is 6.08 Å². The number of rotatable bonds is 3. The summed E-state index contributed by atoms with van der Waals surface area (Å²) in [5, 5.41) is 0. The molecule has 0 unspecified atom stereocenters. The molecule has 0 heterocycles. The lowest BCUT2D eigenvalue weighted by molar-refractivity contribution is 0.669. The molecule has 0 aliphatic heterocycles. The van der Waals surface area contributed by atoms with E-state index in [9.17, 15) is 4.39 Å². The Morgan fingerprint density at radius 2 is 1.91 bits per heavy atom. The largest absolute Gasteiger partial charge is 0.208 e. The van der Waals surface area contributed by atoms with E-state index >= 15 is 0 Å². The van der Waals surface area contributed by atoms with Gasteiger partial charge in [-0.3, -0.25) is 0 Å². The van der Waals surface area contributed by atoms with E-state index in [1.54, 1.807) is 6.08 Å². The van der Waals surface area contributed by atoms with E-state index in [1.807, 2.05) is 20.8 Å². The van der Waals surface area contributed by atoms with Gasteiger partial charge < -0.3 is 0 Å². The molecule has 0 saturated carbocycles. The molecule has 0 N–H and O–H groups in total. The van der Waals surface area contributed by atoms with Crippen LogP contribution in [-0.2, 0) is 0 Å². The smallest absolute Gasteiger partial charge is 0.116 e. The molecule has 0 aliphatic carbocycles. The van der Waals surface area contributed by atoms with Crippen LogP contribution in [0.3, 0.4) is 0 Å². The third-order valence-corrected chi connectivity index (χ3v) is 1.01. The fraction of sp³-hybridized carbons (Fsp3) is 0.400. The topological polar surface area (TPSA) is 0 Å². The molecule has 0 aliphatic rings. The van der Waals surface area contributed by atoms with Crippen molar-refractivity contribution in [2.24, 2.45) is 0 Å². The summed E-state index contributed by atoms with van der Waals surface area (Å²) in [6.45, 7) is 12.5. The van der Waals surface area contributed by atoms with E-state index in [4.69, 9.17) is 0 Å². The van der Waals surface area contributed by atoms with Crippen molar-refractivity contribution >= 4 is 0 Å². The van der Waals surface area contributed by atoms with Gasteiger partial charge in [-0.15, -0.1) is 0 Å². The zero-order valence-electron chi connectivity index (χ0n) is 7.65. The maximum atomic E-state index is 12.0. The molecule has 1 heteroatoms. The number of halogens is 1. The highest BCUT2D eigenvalue weighted by Crippen LogP contribution is 2.05. The van der Waals surface area contributed by atoms with Crippen LogP contribution in [0.25, 0.3) is 0 Å². The van der Waals surface area contributed by atoms with Gasteiger partial charge >= 0.3 is 0 Å². The Balaban J connectivity index is 0. The maximum Gasteiger partial charge on any atom is 0.116 e. The first-order valence-corrected chi connectivity index (χ1v) is 3.88. The summed E-state index contributed by atoms with van der Waals surface area (Å²) in [6, 6.07) is 0. The predicted molar refractivity (Wildman–Crippen MR) is 50.2 cm³/mol. The molecule has 0 aromatic rings. The third kappa shape index (κ3) is 9.15. The molecule has 0 amide bonds. The second-order valence-corrected chi connectivity index (χ2v) is 1.72. The van der Waals surface area contributed by atoms with E-state index < -0.39 is 5.83 Å². The third-order valence-electron chi connectivity index (χ3n) is 1.01. The van der Waals surface area contributed by atoms with Crippen molar-refractivity contribution in [3.63, 3.8) is 0 Å². The molecule has 0 nitrogen and oxygen atoms in total. The summed E-state index contributed by atoms with van der Waals surface area (Å²) in [7, 11) is 0. The number of hydrogen-bond acceptors (Lipinski definition) is 0. The Morgan fingerprint density at radius 3 is 2.00 bits per heavy atom. The average molecular weight is 156 g/mol. The van der Waals surface area contributed by atoms with Gasteiger partial charge in [-0.2, -0.15) is 0 Å². The lowest BCUT2D eigenvalue weighted by Crippen LogP contribution is -1.72. The molecule has 0 rings (SSSR count). The van der Waals surface area contributed by atoms with Crippen LogP contribution in [0.15, 0.2) is 36.7 Å². The first kappa shape index (κ1) is 12.8. The zero-order valence-corrected chi connectivity index (χ0v) is 7.65. The molecule has 0 spiro atoms. The number of allylic oxidation sites excluding steroid dienone is 4. The van der Waals surface area contributed by atoms with Crippen LogP contribution < -0.4 is 0 Å². The molecule has 64 valence electrons. The highest BCUT2D eigenvalue weighted by Gasteiger charge is 1.86. The van der Waals surface area contributed by atoms with Gasteiger partial charge in [-0.05, 0) is 18.1 Å². The van der Waals surface area contributed by atoms with Gasteiger partial charge in [0.25, 0.3) is 0 Å². The fourth-order valence-electron chi connectivity index (χ4n) is 0.506. The molecular weight excluding hydrogens is 139 g/mol. The summed E-state index contributed by atoms with van der Waals surface area (Å²) < 4.78 is 12.0. The minimum absolute atomic E-state index is 0.410. The highest BCUT2D eigenvalue weighted by atomic mass is 19.1. The molecule has 0 atom stereocenters. The van der Waals surface area contributed by atoms with Crippen LogP contribution in [0.1, 0.15) is 27.2 Å². The van der Waals surface area contributed by atoms with Gasteiger partial charge in [0.15, 0.2) is 0 Å². The minimum atomic E-state index is -0.410. The van der Waals surface area contributed by atoms with E-state index in [0.717, 1.165) is 12.0 Å². The van der Waals surface area contributed by atoms with Crippen molar-refractivity contribution in [2.45, 2.75) is 27.2 Å². The molecule has 0 fully saturated rings. The van der Waals surface area contributed by atoms with Crippen LogP contribution in [0, 0.1) is 0 Å². The van der Waals surface area contributed by atoms with Gasteiger partial charge in [-0.25, -0.2) is 4.39 Å². The molecule has 0 saturated heterocycles. The normalized spacial score (nSPS) is 9.64. The van der Waals surface area contributed by atoms with Crippen molar-refractivity contribution in [1.29, 1.82) is 0 Å². The predicted octanol–water partition coefficient (Wildman–Crippen LogP) is 4.02.